The highest BCUT2D eigenvalue weighted by Crippen LogP contribution is 2.26. The molecule has 13 heavy (non-hydrogen) atoms. The molecular formula is C10H12F2O. The van der Waals surface area contributed by atoms with Crippen molar-refractivity contribution in [3.63, 3.8) is 0 Å². The summed E-state index contributed by atoms with van der Waals surface area (Å²) in [7, 11) is 0. The Morgan fingerprint density at radius 3 is 2.31 bits per heavy atom. The van der Waals surface area contributed by atoms with Crippen LogP contribution in [0.4, 0.5) is 8.78 Å². The van der Waals surface area contributed by atoms with E-state index in [2.05, 4.69) is 4.74 Å². The molecule has 0 atom stereocenters. The Hall–Kier alpha value is -1.12. The lowest BCUT2D eigenvalue weighted by molar-refractivity contribution is -0.0505. The maximum absolute atomic E-state index is 11.9. The average Bonchev–Trinajstić information content (AvgIpc) is 2.03. The molecule has 0 bridgehead atoms. The standard InChI is InChI=1S/C10H12F2O/c1-7(2)8-5-3-4-6-9(8)13-10(11)12/h3-7,10H,1-2H3. The van der Waals surface area contributed by atoms with Crippen LogP contribution in [0.5, 0.6) is 5.75 Å². The van der Waals surface area contributed by atoms with Gasteiger partial charge in [0.1, 0.15) is 5.75 Å². The highest BCUT2D eigenvalue weighted by atomic mass is 19.3. The van der Waals surface area contributed by atoms with E-state index in [-0.39, 0.29) is 11.7 Å². The molecule has 0 saturated heterocycles. The second-order valence-corrected chi connectivity index (χ2v) is 3.07. The third kappa shape index (κ3) is 2.68. The van der Waals surface area contributed by atoms with Gasteiger partial charge in [-0.15, -0.1) is 0 Å². The van der Waals surface area contributed by atoms with Crippen LogP contribution in [-0.2, 0) is 0 Å². The van der Waals surface area contributed by atoms with Gasteiger partial charge in [0.05, 0.1) is 0 Å². The first-order valence-electron chi connectivity index (χ1n) is 4.15. The first-order chi connectivity index (χ1) is 6.11. The second-order valence-electron chi connectivity index (χ2n) is 3.07. The Morgan fingerprint density at radius 2 is 1.77 bits per heavy atom. The number of alkyl halides is 2. The van der Waals surface area contributed by atoms with Gasteiger partial charge in [-0.3, -0.25) is 0 Å². The molecule has 0 N–H and O–H groups in total. The topological polar surface area (TPSA) is 9.23 Å². The minimum atomic E-state index is -2.75. The number of halogens is 2. The summed E-state index contributed by atoms with van der Waals surface area (Å²) < 4.78 is 28.3. The molecule has 1 nitrogen and oxygen atoms in total. The Labute approximate surface area is 76.3 Å². The van der Waals surface area contributed by atoms with Crippen LogP contribution in [-0.4, -0.2) is 6.61 Å². The molecule has 0 amide bonds. The quantitative estimate of drug-likeness (QED) is 0.702. The number of benzene rings is 1. The molecule has 0 saturated carbocycles. The van der Waals surface area contributed by atoms with Crippen LogP contribution in [0.1, 0.15) is 25.3 Å². The number of para-hydroxylation sites is 1. The largest absolute Gasteiger partial charge is 0.435 e. The third-order valence-electron chi connectivity index (χ3n) is 1.76. The zero-order chi connectivity index (χ0) is 9.84. The molecule has 72 valence electrons. The summed E-state index contributed by atoms with van der Waals surface area (Å²) in [6.07, 6.45) is 0. The van der Waals surface area contributed by atoms with E-state index in [4.69, 9.17) is 0 Å². The van der Waals surface area contributed by atoms with Crippen molar-refractivity contribution in [2.45, 2.75) is 26.4 Å². The molecule has 0 aliphatic rings. The van der Waals surface area contributed by atoms with E-state index in [1.54, 1.807) is 18.2 Å². The molecular weight excluding hydrogens is 174 g/mol. The van der Waals surface area contributed by atoms with Crippen LogP contribution in [0.15, 0.2) is 24.3 Å². The SMILES string of the molecule is CC(C)c1ccccc1OC(F)F. The smallest absolute Gasteiger partial charge is 0.387 e. The van der Waals surface area contributed by atoms with Gasteiger partial charge in [0.2, 0.25) is 0 Å². The fraction of sp³-hybridized carbons (Fsp3) is 0.400. The van der Waals surface area contributed by atoms with Gasteiger partial charge in [-0.25, -0.2) is 0 Å². The van der Waals surface area contributed by atoms with Gasteiger partial charge in [0.15, 0.2) is 0 Å². The lowest BCUT2D eigenvalue weighted by Crippen LogP contribution is -2.04. The Balaban J connectivity index is 2.91. The first-order valence-corrected chi connectivity index (χ1v) is 4.15. The zero-order valence-electron chi connectivity index (χ0n) is 7.63. The summed E-state index contributed by atoms with van der Waals surface area (Å²) in [6, 6.07) is 6.85. The maximum Gasteiger partial charge on any atom is 0.387 e. The molecule has 1 aromatic rings. The van der Waals surface area contributed by atoms with Gasteiger partial charge in [0.25, 0.3) is 0 Å². The first kappa shape index (κ1) is 9.96. The highest BCUT2D eigenvalue weighted by molar-refractivity contribution is 5.35. The van der Waals surface area contributed by atoms with Crippen molar-refractivity contribution in [3.8, 4) is 5.75 Å². The van der Waals surface area contributed by atoms with Gasteiger partial charge >= 0.3 is 6.61 Å². The molecule has 0 aromatic heterocycles. The molecule has 0 radical (unpaired) electrons. The van der Waals surface area contributed by atoms with E-state index in [0.717, 1.165) is 5.56 Å². The van der Waals surface area contributed by atoms with Crippen molar-refractivity contribution >= 4 is 0 Å². The van der Waals surface area contributed by atoms with Crippen molar-refractivity contribution in [2.24, 2.45) is 0 Å². The van der Waals surface area contributed by atoms with E-state index in [0.29, 0.717) is 0 Å². The Morgan fingerprint density at radius 1 is 1.15 bits per heavy atom. The van der Waals surface area contributed by atoms with Gasteiger partial charge in [-0.2, -0.15) is 8.78 Å². The van der Waals surface area contributed by atoms with Gasteiger partial charge in [-0.1, -0.05) is 32.0 Å². The zero-order valence-corrected chi connectivity index (χ0v) is 7.63. The van der Waals surface area contributed by atoms with Crippen molar-refractivity contribution < 1.29 is 13.5 Å². The van der Waals surface area contributed by atoms with E-state index in [1.165, 1.54) is 0 Å². The summed E-state index contributed by atoms with van der Waals surface area (Å²) >= 11 is 0. The molecule has 0 aliphatic heterocycles. The van der Waals surface area contributed by atoms with Crippen molar-refractivity contribution in [1.82, 2.24) is 0 Å². The van der Waals surface area contributed by atoms with Crippen LogP contribution < -0.4 is 4.74 Å². The predicted octanol–water partition coefficient (Wildman–Crippen LogP) is 3.41. The van der Waals surface area contributed by atoms with Gasteiger partial charge in [0, 0.05) is 0 Å². The summed E-state index contributed by atoms with van der Waals surface area (Å²) in [5.41, 5.74) is 0.808. The van der Waals surface area contributed by atoms with Crippen molar-refractivity contribution in [1.29, 1.82) is 0 Å². The number of rotatable bonds is 3. The summed E-state index contributed by atoms with van der Waals surface area (Å²) in [4.78, 5) is 0. The lowest BCUT2D eigenvalue weighted by atomic mass is 10.0. The van der Waals surface area contributed by atoms with Crippen molar-refractivity contribution in [3.05, 3.63) is 29.8 Å². The summed E-state index contributed by atoms with van der Waals surface area (Å²) in [5, 5.41) is 0. The maximum atomic E-state index is 11.9. The molecule has 1 rings (SSSR count). The van der Waals surface area contributed by atoms with E-state index >= 15 is 0 Å². The molecule has 0 spiro atoms. The fourth-order valence-electron chi connectivity index (χ4n) is 1.16. The van der Waals surface area contributed by atoms with Crippen LogP contribution in [0.2, 0.25) is 0 Å². The van der Waals surface area contributed by atoms with Crippen LogP contribution >= 0.6 is 0 Å². The summed E-state index contributed by atoms with van der Waals surface area (Å²) in [5.74, 6) is 0.461. The normalized spacial score (nSPS) is 10.9. The number of ether oxygens (including phenoxy) is 1. The minimum Gasteiger partial charge on any atom is -0.435 e. The van der Waals surface area contributed by atoms with Crippen LogP contribution in [0, 0.1) is 0 Å². The molecule has 0 aliphatic carbocycles. The van der Waals surface area contributed by atoms with Crippen LogP contribution in [0.3, 0.4) is 0 Å². The highest BCUT2D eigenvalue weighted by Gasteiger charge is 2.10. The van der Waals surface area contributed by atoms with Gasteiger partial charge in [-0.05, 0) is 17.5 Å². The van der Waals surface area contributed by atoms with E-state index in [9.17, 15) is 8.78 Å². The van der Waals surface area contributed by atoms with Gasteiger partial charge < -0.3 is 4.74 Å². The van der Waals surface area contributed by atoms with Crippen LogP contribution in [0.25, 0.3) is 0 Å². The molecule has 0 fully saturated rings. The Kier molecular flexibility index (Phi) is 3.23. The molecule has 0 heterocycles. The average molecular weight is 186 g/mol. The fourth-order valence-corrected chi connectivity index (χ4v) is 1.16. The second kappa shape index (κ2) is 4.21. The number of hydrogen-bond donors (Lipinski definition) is 0. The molecule has 1 aromatic carbocycles. The Bertz CT molecular complexity index is 271. The number of hydrogen-bond acceptors (Lipinski definition) is 1. The van der Waals surface area contributed by atoms with Crippen molar-refractivity contribution in [2.75, 3.05) is 0 Å². The van der Waals surface area contributed by atoms with E-state index < -0.39 is 6.61 Å². The monoisotopic (exact) mass is 186 g/mol. The lowest BCUT2D eigenvalue weighted by Gasteiger charge is -2.12. The predicted molar refractivity (Wildman–Crippen MR) is 47.2 cm³/mol. The third-order valence-corrected chi connectivity index (χ3v) is 1.76. The molecule has 3 heteroatoms. The molecule has 0 unspecified atom stereocenters. The van der Waals surface area contributed by atoms with E-state index in [1.807, 2.05) is 19.9 Å². The minimum absolute atomic E-state index is 0.190. The summed E-state index contributed by atoms with van der Waals surface area (Å²) in [6.45, 7) is 1.13.